The van der Waals surface area contributed by atoms with Crippen molar-refractivity contribution in [3.8, 4) is 0 Å². The Bertz CT molecular complexity index is 664. The van der Waals surface area contributed by atoms with Crippen molar-refractivity contribution in [1.29, 1.82) is 0 Å². The average molecular weight is 287 g/mol. The summed E-state index contributed by atoms with van der Waals surface area (Å²) in [6.45, 7) is 1.89. The lowest BCUT2D eigenvalue weighted by atomic mass is 9.98. The Kier molecular flexibility index (Phi) is 4.37. The molecule has 0 unspecified atom stereocenters. The molecule has 0 aliphatic heterocycles. The zero-order chi connectivity index (χ0) is 15.4. The van der Waals surface area contributed by atoms with Gasteiger partial charge in [-0.2, -0.15) is 5.10 Å². The number of aryl methyl sites for hydroxylation is 2. The molecule has 1 heterocycles. The van der Waals surface area contributed by atoms with Gasteiger partial charge in [0.15, 0.2) is 0 Å². The number of carboxylic acids is 1. The summed E-state index contributed by atoms with van der Waals surface area (Å²) in [5.41, 5.74) is 2.13. The standard InChI is InChI=1S/C15H17N3O3/c1-10-5-3-4-6-11(10)12(9-14(19)20)17-15(21)13-7-8-16-18(13)2/h3-8,12H,9H2,1-2H3,(H,17,21)(H,19,20)/t12-/m1/s1. The Labute approximate surface area is 122 Å². The Morgan fingerprint density at radius 1 is 1.33 bits per heavy atom. The van der Waals surface area contributed by atoms with Crippen molar-refractivity contribution in [3.63, 3.8) is 0 Å². The molecule has 0 bridgehead atoms. The van der Waals surface area contributed by atoms with E-state index in [2.05, 4.69) is 10.4 Å². The van der Waals surface area contributed by atoms with Gasteiger partial charge in [0.1, 0.15) is 5.69 Å². The van der Waals surface area contributed by atoms with E-state index in [1.165, 1.54) is 10.9 Å². The number of carbonyl (C=O) groups excluding carboxylic acids is 1. The molecule has 1 atom stereocenters. The van der Waals surface area contributed by atoms with Crippen LogP contribution in [0.2, 0.25) is 0 Å². The fraction of sp³-hybridized carbons (Fsp3) is 0.267. The van der Waals surface area contributed by atoms with Gasteiger partial charge in [-0.15, -0.1) is 0 Å². The minimum atomic E-state index is -0.964. The van der Waals surface area contributed by atoms with Gasteiger partial charge >= 0.3 is 5.97 Å². The van der Waals surface area contributed by atoms with E-state index >= 15 is 0 Å². The van der Waals surface area contributed by atoms with Crippen molar-refractivity contribution in [2.24, 2.45) is 7.05 Å². The van der Waals surface area contributed by atoms with Crippen LogP contribution in [0.25, 0.3) is 0 Å². The lowest BCUT2D eigenvalue weighted by Gasteiger charge is -2.19. The number of aromatic nitrogens is 2. The van der Waals surface area contributed by atoms with Crippen LogP contribution in [0.1, 0.15) is 34.1 Å². The minimum Gasteiger partial charge on any atom is -0.481 e. The maximum absolute atomic E-state index is 12.2. The molecule has 2 aromatic rings. The van der Waals surface area contributed by atoms with Gasteiger partial charge in [0.2, 0.25) is 0 Å². The third kappa shape index (κ3) is 3.47. The number of amides is 1. The molecule has 0 fully saturated rings. The first kappa shape index (κ1) is 14.8. The highest BCUT2D eigenvalue weighted by Crippen LogP contribution is 2.21. The zero-order valence-electron chi connectivity index (χ0n) is 11.9. The summed E-state index contributed by atoms with van der Waals surface area (Å²) in [5.74, 6) is -1.31. The predicted molar refractivity (Wildman–Crippen MR) is 76.8 cm³/mol. The highest BCUT2D eigenvalue weighted by molar-refractivity contribution is 5.93. The number of hydrogen-bond donors (Lipinski definition) is 2. The van der Waals surface area contributed by atoms with Crippen molar-refractivity contribution in [2.45, 2.75) is 19.4 Å². The molecule has 0 aliphatic carbocycles. The van der Waals surface area contributed by atoms with Gasteiger partial charge in [0.05, 0.1) is 12.5 Å². The second kappa shape index (κ2) is 6.21. The van der Waals surface area contributed by atoms with E-state index in [1.807, 2.05) is 31.2 Å². The van der Waals surface area contributed by atoms with Gasteiger partial charge in [-0.25, -0.2) is 0 Å². The molecule has 1 amide bonds. The van der Waals surface area contributed by atoms with E-state index < -0.39 is 12.0 Å². The average Bonchev–Trinajstić information content (AvgIpc) is 2.84. The van der Waals surface area contributed by atoms with E-state index in [1.54, 1.807) is 13.1 Å². The first-order valence-corrected chi connectivity index (χ1v) is 6.55. The van der Waals surface area contributed by atoms with Gasteiger partial charge in [0, 0.05) is 13.2 Å². The number of nitrogens with one attached hydrogen (secondary N) is 1. The van der Waals surface area contributed by atoms with E-state index in [4.69, 9.17) is 5.11 Å². The topological polar surface area (TPSA) is 84.2 Å². The molecule has 0 spiro atoms. The maximum atomic E-state index is 12.2. The molecule has 110 valence electrons. The van der Waals surface area contributed by atoms with Crippen molar-refractivity contribution in [3.05, 3.63) is 53.3 Å². The van der Waals surface area contributed by atoms with Gasteiger partial charge in [-0.1, -0.05) is 24.3 Å². The van der Waals surface area contributed by atoms with Gasteiger partial charge < -0.3 is 10.4 Å². The van der Waals surface area contributed by atoms with Crippen LogP contribution < -0.4 is 5.32 Å². The lowest BCUT2D eigenvalue weighted by Crippen LogP contribution is -2.31. The molecular weight excluding hydrogens is 270 g/mol. The fourth-order valence-electron chi connectivity index (χ4n) is 2.22. The number of hydrogen-bond acceptors (Lipinski definition) is 3. The van der Waals surface area contributed by atoms with E-state index in [0.29, 0.717) is 5.69 Å². The van der Waals surface area contributed by atoms with Crippen LogP contribution in [0.15, 0.2) is 36.5 Å². The molecule has 0 aliphatic rings. The minimum absolute atomic E-state index is 0.172. The Balaban J connectivity index is 2.25. The summed E-state index contributed by atoms with van der Waals surface area (Å²) in [5, 5.41) is 15.8. The Hall–Kier alpha value is -2.63. The summed E-state index contributed by atoms with van der Waals surface area (Å²) >= 11 is 0. The molecule has 6 nitrogen and oxygen atoms in total. The zero-order valence-corrected chi connectivity index (χ0v) is 11.9. The van der Waals surface area contributed by atoms with E-state index in [-0.39, 0.29) is 12.3 Å². The van der Waals surface area contributed by atoms with Crippen LogP contribution in [-0.4, -0.2) is 26.8 Å². The second-order valence-electron chi connectivity index (χ2n) is 4.82. The number of benzene rings is 1. The van der Waals surface area contributed by atoms with Crippen LogP contribution in [-0.2, 0) is 11.8 Å². The van der Waals surface area contributed by atoms with Crippen LogP contribution in [0, 0.1) is 6.92 Å². The molecule has 1 aromatic carbocycles. The van der Waals surface area contributed by atoms with Crippen molar-refractivity contribution >= 4 is 11.9 Å². The van der Waals surface area contributed by atoms with Gasteiger partial charge in [-0.3, -0.25) is 14.3 Å². The van der Waals surface area contributed by atoms with E-state index in [0.717, 1.165) is 11.1 Å². The third-order valence-corrected chi connectivity index (χ3v) is 3.30. The first-order chi connectivity index (χ1) is 9.99. The second-order valence-corrected chi connectivity index (χ2v) is 4.82. The molecule has 2 N–H and O–H groups in total. The largest absolute Gasteiger partial charge is 0.481 e. The molecule has 0 saturated carbocycles. The van der Waals surface area contributed by atoms with Crippen molar-refractivity contribution in [1.82, 2.24) is 15.1 Å². The smallest absolute Gasteiger partial charge is 0.305 e. The first-order valence-electron chi connectivity index (χ1n) is 6.55. The van der Waals surface area contributed by atoms with Crippen molar-refractivity contribution < 1.29 is 14.7 Å². The predicted octanol–water partition coefficient (Wildman–Crippen LogP) is 1.67. The Morgan fingerprint density at radius 2 is 2.05 bits per heavy atom. The summed E-state index contributed by atoms with van der Waals surface area (Å²) in [6, 6.07) is 8.43. The molecule has 21 heavy (non-hydrogen) atoms. The van der Waals surface area contributed by atoms with Crippen LogP contribution in [0.5, 0.6) is 0 Å². The summed E-state index contributed by atoms with van der Waals surface area (Å²) in [7, 11) is 1.66. The summed E-state index contributed by atoms with van der Waals surface area (Å²) in [6.07, 6.45) is 1.35. The summed E-state index contributed by atoms with van der Waals surface area (Å²) < 4.78 is 1.45. The monoisotopic (exact) mass is 287 g/mol. The normalized spacial score (nSPS) is 11.9. The van der Waals surface area contributed by atoms with E-state index in [9.17, 15) is 9.59 Å². The number of rotatable bonds is 5. The summed E-state index contributed by atoms with van der Waals surface area (Å²) in [4.78, 5) is 23.3. The number of aliphatic carboxylic acids is 1. The van der Waals surface area contributed by atoms with Crippen LogP contribution >= 0.6 is 0 Å². The fourth-order valence-corrected chi connectivity index (χ4v) is 2.22. The van der Waals surface area contributed by atoms with Gasteiger partial charge in [0.25, 0.3) is 5.91 Å². The molecule has 0 saturated heterocycles. The lowest BCUT2D eigenvalue weighted by molar-refractivity contribution is -0.137. The molecular formula is C15H17N3O3. The molecule has 6 heteroatoms. The van der Waals surface area contributed by atoms with Crippen molar-refractivity contribution in [2.75, 3.05) is 0 Å². The number of carbonyl (C=O) groups is 2. The number of nitrogens with zero attached hydrogens (tertiary/aromatic N) is 2. The number of carboxylic acid groups (broad SMARTS) is 1. The molecule has 1 aromatic heterocycles. The van der Waals surface area contributed by atoms with Crippen LogP contribution in [0.3, 0.4) is 0 Å². The maximum Gasteiger partial charge on any atom is 0.305 e. The SMILES string of the molecule is Cc1ccccc1[C@@H](CC(=O)O)NC(=O)c1ccnn1C. The quantitative estimate of drug-likeness (QED) is 0.876. The molecule has 2 rings (SSSR count). The molecule has 0 radical (unpaired) electrons. The van der Waals surface area contributed by atoms with Gasteiger partial charge in [-0.05, 0) is 24.1 Å². The Morgan fingerprint density at radius 3 is 2.62 bits per heavy atom. The third-order valence-electron chi connectivity index (χ3n) is 3.30. The highest BCUT2D eigenvalue weighted by atomic mass is 16.4. The highest BCUT2D eigenvalue weighted by Gasteiger charge is 2.21. The van der Waals surface area contributed by atoms with Crippen LogP contribution in [0.4, 0.5) is 0 Å².